The Kier molecular flexibility index (Phi) is 4.54. The van der Waals surface area contributed by atoms with Crippen molar-refractivity contribution in [1.29, 1.82) is 0 Å². The zero-order valence-corrected chi connectivity index (χ0v) is 12.9. The van der Waals surface area contributed by atoms with Crippen LogP contribution in [0.25, 0.3) is 0 Å². The Morgan fingerprint density at radius 1 is 1.18 bits per heavy atom. The first-order valence-electron chi connectivity index (χ1n) is 6.98. The lowest BCUT2D eigenvalue weighted by molar-refractivity contribution is -0.0949. The van der Waals surface area contributed by atoms with Gasteiger partial charge in [-0.3, -0.25) is 4.90 Å². The number of nitrogens with zero attached hydrogens (tertiary/aromatic N) is 1. The summed E-state index contributed by atoms with van der Waals surface area (Å²) in [7, 11) is 0. The highest BCUT2D eigenvalue weighted by Gasteiger charge is 2.36. The first-order chi connectivity index (χ1) is 8.05. The van der Waals surface area contributed by atoms with E-state index in [1.54, 1.807) is 0 Å². The predicted octanol–water partition coefficient (Wildman–Crippen LogP) is 3.44. The average Bonchev–Trinajstić information content (AvgIpc) is 2.29. The first-order valence-corrected chi connectivity index (χ1v) is 8.10. The molecule has 1 aliphatic carbocycles. The van der Waals surface area contributed by atoms with Crippen molar-refractivity contribution in [3.63, 3.8) is 0 Å². The molecule has 1 saturated carbocycles. The van der Waals surface area contributed by atoms with Crippen molar-refractivity contribution in [2.75, 3.05) is 31.6 Å². The summed E-state index contributed by atoms with van der Waals surface area (Å²) in [5, 5.41) is 1.16. The number of halogens is 1. The zero-order valence-electron chi connectivity index (χ0n) is 11.3. The highest BCUT2D eigenvalue weighted by Crippen LogP contribution is 2.39. The quantitative estimate of drug-likeness (QED) is 0.741. The van der Waals surface area contributed by atoms with Crippen LogP contribution < -0.4 is 0 Å². The van der Waals surface area contributed by atoms with E-state index in [1.807, 2.05) is 0 Å². The van der Waals surface area contributed by atoms with Crippen molar-refractivity contribution in [1.82, 2.24) is 4.90 Å². The van der Waals surface area contributed by atoms with E-state index in [1.165, 1.54) is 38.6 Å². The number of hydrogen-bond donors (Lipinski definition) is 0. The molecular formula is C14H26BrNO. The van der Waals surface area contributed by atoms with Crippen molar-refractivity contribution in [3.05, 3.63) is 0 Å². The Hall–Kier alpha value is 0.400. The molecule has 0 radical (unpaired) electrons. The smallest absolute Gasteiger partial charge is 0.0753 e. The van der Waals surface area contributed by atoms with Crippen molar-refractivity contribution < 1.29 is 4.74 Å². The van der Waals surface area contributed by atoms with Crippen LogP contribution in [0, 0.1) is 5.41 Å². The molecule has 0 atom stereocenters. The monoisotopic (exact) mass is 303 g/mol. The molecule has 0 spiro atoms. The summed E-state index contributed by atoms with van der Waals surface area (Å²) in [5.41, 5.74) is 0.575. The molecule has 2 nitrogen and oxygen atoms in total. The molecule has 0 unspecified atom stereocenters. The van der Waals surface area contributed by atoms with Crippen LogP contribution in [0.1, 0.15) is 46.0 Å². The summed E-state index contributed by atoms with van der Waals surface area (Å²) in [5.74, 6) is 0. The van der Waals surface area contributed by atoms with Crippen molar-refractivity contribution in [2.45, 2.75) is 51.6 Å². The number of morpholine rings is 1. The van der Waals surface area contributed by atoms with Crippen LogP contribution in [-0.4, -0.2) is 42.1 Å². The predicted molar refractivity (Wildman–Crippen MR) is 75.8 cm³/mol. The molecule has 17 heavy (non-hydrogen) atoms. The van der Waals surface area contributed by atoms with Crippen LogP contribution >= 0.6 is 15.9 Å². The van der Waals surface area contributed by atoms with E-state index in [0.717, 1.165) is 25.0 Å². The van der Waals surface area contributed by atoms with Gasteiger partial charge in [0.15, 0.2) is 0 Å². The average molecular weight is 304 g/mol. The summed E-state index contributed by atoms with van der Waals surface area (Å²) in [4.78, 5) is 2.62. The van der Waals surface area contributed by atoms with Crippen LogP contribution in [0.4, 0.5) is 0 Å². The van der Waals surface area contributed by atoms with E-state index in [9.17, 15) is 0 Å². The molecule has 100 valence electrons. The number of rotatable bonds is 3. The third kappa shape index (κ3) is 3.68. The molecule has 0 amide bonds. The van der Waals surface area contributed by atoms with Gasteiger partial charge in [0.25, 0.3) is 0 Å². The number of alkyl halides is 1. The lowest BCUT2D eigenvalue weighted by Gasteiger charge is -2.44. The van der Waals surface area contributed by atoms with Crippen molar-refractivity contribution >= 4 is 15.9 Å². The van der Waals surface area contributed by atoms with Gasteiger partial charge in [0, 0.05) is 25.0 Å². The molecule has 2 fully saturated rings. The van der Waals surface area contributed by atoms with Gasteiger partial charge in [0.1, 0.15) is 0 Å². The summed E-state index contributed by atoms with van der Waals surface area (Å²) >= 11 is 3.77. The molecule has 1 heterocycles. The Bertz CT molecular complexity index is 249. The molecular weight excluding hydrogens is 278 g/mol. The molecule has 0 bridgehead atoms. The fourth-order valence-electron chi connectivity index (χ4n) is 3.36. The van der Waals surface area contributed by atoms with Gasteiger partial charge in [-0.15, -0.1) is 0 Å². The van der Waals surface area contributed by atoms with Gasteiger partial charge >= 0.3 is 0 Å². The molecule has 0 N–H and O–H groups in total. The second-order valence-electron chi connectivity index (χ2n) is 6.51. The number of ether oxygens (including phenoxy) is 1. The zero-order chi connectivity index (χ0) is 12.4. The lowest BCUT2D eigenvalue weighted by Crippen LogP contribution is -2.52. The van der Waals surface area contributed by atoms with Gasteiger partial charge in [0.2, 0.25) is 0 Å². The molecule has 0 aromatic carbocycles. The maximum atomic E-state index is 5.80. The van der Waals surface area contributed by atoms with Crippen LogP contribution in [0.3, 0.4) is 0 Å². The molecule has 2 rings (SSSR count). The Balaban J connectivity index is 1.93. The van der Waals surface area contributed by atoms with Gasteiger partial charge in [-0.2, -0.15) is 0 Å². The van der Waals surface area contributed by atoms with Gasteiger partial charge in [-0.1, -0.05) is 35.2 Å². The van der Waals surface area contributed by atoms with E-state index in [0.29, 0.717) is 5.41 Å². The van der Waals surface area contributed by atoms with Crippen molar-refractivity contribution in [2.24, 2.45) is 5.41 Å². The molecule has 0 aromatic rings. The van der Waals surface area contributed by atoms with E-state index < -0.39 is 0 Å². The van der Waals surface area contributed by atoms with Crippen LogP contribution in [0.15, 0.2) is 0 Å². The second kappa shape index (κ2) is 5.58. The second-order valence-corrected chi connectivity index (χ2v) is 7.07. The summed E-state index contributed by atoms with van der Waals surface area (Å²) in [6.07, 6.45) is 7.06. The van der Waals surface area contributed by atoms with Crippen LogP contribution in [0.2, 0.25) is 0 Å². The van der Waals surface area contributed by atoms with E-state index >= 15 is 0 Å². The topological polar surface area (TPSA) is 12.5 Å². The van der Waals surface area contributed by atoms with E-state index in [-0.39, 0.29) is 5.60 Å². The number of hydrogen-bond acceptors (Lipinski definition) is 2. The molecule has 1 saturated heterocycles. The fourth-order valence-corrected chi connectivity index (χ4v) is 4.10. The highest BCUT2D eigenvalue weighted by atomic mass is 79.9. The molecule has 1 aliphatic heterocycles. The SMILES string of the molecule is CC1(C)CN(CC2(CBr)CCCCC2)CCO1. The Morgan fingerprint density at radius 3 is 2.47 bits per heavy atom. The third-order valence-electron chi connectivity index (χ3n) is 4.26. The Morgan fingerprint density at radius 2 is 1.88 bits per heavy atom. The highest BCUT2D eigenvalue weighted by molar-refractivity contribution is 9.09. The Labute approximate surface area is 114 Å². The minimum atomic E-state index is 0.0421. The summed E-state index contributed by atoms with van der Waals surface area (Å²) < 4.78 is 5.80. The normalized spacial score (nSPS) is 29.1. The molecule has 0 aromatic heterocycles. The minimum Gasteiger partial charge on any atom is -0.373 e. The largest absolute Gasteiger partial charge is 0.373 e. The van der Waals surface area contributed by atoms with Gasteiger partial charge in [-0.25, -0.2) is 0 Å². The van der Waals surface area contributed by atoms with Crippen molar-refractivity contribution in [3.8, 4) is 0 Å². The maximum absolute atomic E-state index is 5.80. The first kappa shape index (κ1) is 13.8. The standard InChI is InChI=1S/C14H26BrNO/c1-13(2)11-16(8-9-17-13)12-14(10-15)6-4-3-5-7-14/h3-12H2,1-2H3. The third-order valence-corrected chi connectivity index (χ3v) is 5.45. The minimum absolute atomic E-state index is 0.0421. The maximum Gasteiger partial charge on any atom is 0.0753 e. The van der Waals surface area contributed by atoms with Crippen LogP contribution in [-0.2, 0) is 4.74 Å². The summed E-state index contributed by atoms with van der Waals surface area (Å²) in [6, 6.07) is 0. The molecule has 3 heteroatoms. The summed E-state index contributed by atoms with van der Waals surface area (Å²) in [6.45, 7) is 8.76. The van der Waals surface area contributed by atoms with Gasteiger partial charge in [0.05, 0.1) is 12.2 Å². The van der Waals surface area contributed by atoms with Gasteiger partial charge in [-0.05, 0) is 32.1 Å². The van der Waals surface area contributed by atoms with E-state index in [2.05, 4.69) is 34.7 Å². The lowest BCUT2D eigenvalue weighted by atomic mass is 9.75. The van der Waals surface area contributed by atoms with Crippen LogP contribution in [0.5, 0.6) is 0 Å². The van der Waals surface area contributed by atoms with Gasteiger partial charge < -0.3 is 4.74 Å². The molecule has 2 aliphatic rings. The van der Waals surface area contributed by atoms with E-state index in [4.69, 9.17) is 4.74 Å². The fraction of sp³-hybridized carbons (Fsp3) is 1.00.